The number of carbonyl (C=O) groups is 1. The molecule has 0 fully saturated rings. The van der Waals surface area contributed by atoms with E-state index in [9.17, 15) is 26.7 Å². The van der Waals surface area contributed by atoms with Crippen LogP contribution < -0.4 is 5.01 Å². The van der Waals surface area contributed by atoms with Gasteiger partial charge in [0, 0.05) is 16.2 Å². The van der Waals surface area contributed by atoms with Crippen molar-refractivity contribution in [3.8, 4) is 0 Å². The van der Waals surface area contributed by atoms with E-state index in [1.54, 1.807) is 6.07 Å². The Labute approximate surface area is 158 Å². The Morgan fingerprint density at radius 2 is 1.74 bits per heavy atom. The number of alkyl halides is 5. The summed E-state index contributed by atoms with van der Waals surface area (Å²) in [4.78, 5) is 20.1. The van der Waals surface area contributed by atoms with Crippen molar-refractivity contribution in [3.63, 3.8) is 0 Å². The van der Waals surface area contributed by atoms with Gasteiger partial charge in [0.2, 0.25) is 5.78 Å². The van der Waals surface area contributed by atoms with Crippen molar-refractivity contribution in [1.82, 2.24) is 9.99 Å². The topological polar surface area (TPSA) is 48.8 Å². The molecule has 0 amide bonds. The van der Waals surface area contributed by atoms with E-state index >= 15 is 0 Å². The van der Waals surface area contributed by atoms with Crippen LogP contribution in [0.3, 0.4) is 0 Å². The molecule has 3 rings (SSSR count). The zero-order valence-electron chi connectivity index (χ0n) is 13.3. The monoisotopic (exact) mass is 448 g/mol. The molecule has 0 N–H and O–H groups in total. The van der Waals surface area contributed by atoms with Crippen molar-refractivity contribution in [2.45, 2.75) is 12.2 Å². The van der Waals surface area contributed by atoms with E-state index in [1.807, 2.05) is 0 Å². The minimum Gasteiger partial charge on any atom is -0.285 e. The molecule has 142 valence electrons. The summed E-state index contributed by atoms with van der Waals surface area (Å²) in [6.45, 7) is -1.05. The highest BCUT2D eigenvalue weighted by atomic mass is 79.9. The maximum absolute atomic E-state index is 14.1. The van der Waals surface area contributed by atoms with Crippen LogP contribution in [-0.4, -0.2) is 40.5 Å². The highest BCUT2D eigenvalue weighted by Gasteiger charge is 2.65. The maximum Gasteiger partial charge on any atom is 0.471 e. The maximum atomic E-state index is 14.1. The molecule has 0 unspecified atom stereocenters. The third kappa shape index (κ3) is 3.44. The lowest BCUT2D eigenvalue weighted by Crippen LogP contribution is -2.59. The van der Waals surface area contributed by atoms with Crippen molar-refractivity contribution in [3.05, 3.63) is 58.8 Å². The molecule has 0 aliphatic carbocycles. The van der Waals surface area contributed by atoms with E-state index in [4.69, 9.17) is 0 Å². The number of halogens is 6. The number of Topliss-reactive ketones (excluding diaryl/α,β-unsaturated/α-hetero) is 1. The van der Waals surface area contributed by atoms with E-state index in [1.165, 1.54) is 36.5 Å². The molecule has 0 bridgehead atoms. The largest absolute Gasteiger partial charge is 0.471 e. The first-order valence-electron chi connectivity index (χ1n) is 7.40. The number of carbonyl (C=O) groups excluding carboxylic acids is 1. The zero-order valence-corrected chi connectivity index (χ0v) is 14.9. The predicted molar refractivity (Wildman–Crippen MR) is 90.3 cm³/mol. The Kier molecular flexibility index (Phi) is 5.00. The van der Waals surface area contributed by atoms with Crippen molar-refractivity contribution < 1.29 is 26.7 Å². The minimum absolute atomic E-state index is 0.0958. The summed E-state index contributed by atoms with van der Waals surface area (Å²) < 4.78 is 67.2. The molecule has 1 aliphatic rings. The number of hydrazine groups is 1. The van der Waals surface area contributed by atoms with Crippen LogP contribution in [0, 0.1) is 0 Å². The first kappa shape index (κ1) is 19.4. The van der Waals surface area contributed by atoms with Gasteiger partial charge in [0.1, 0.15) is 6.67 Å². The molecular formula is C16H10BrF5N4O. The fourth-order valence-electron chi connectivity index (χ4n) is 2.40. The van der Waals surface area contributed by atoms with Gasteiger partial charge in [-0.2, -0.15) is 22.0 Å². The minimum atomic E-state index is -5.87. The molecule has 0 saturated carbocycles. The Hall–Kier alpha value is -2.40. The highest BCUT2D eigenvalue weighted by molar-refractivity contribution is 9.10. The van der Waals surface area contributed by atoms with Crippen LogP contribution in [0.1, 0.15) is 10.4 Å². The van der Waals surface area contributed by atoms with Crippen molar-refractivity contribution in [2.75, 3.05) is 11.7 Å². The van der Waals surface area contributed by atoms with Gasteiger partial charge in [-0.3, -0.25) is 9.78 Å². The van der Waals surface area contributed by atoms with Gasteiger partial charge in [0.15, 0.2) is 5.84 Å². The van der Waals surface area contributed by atoms with Crippen molar-refractivity contribution in [2.24, 2.45) is 4.99 Å². The predicted octanol–water partition coefficient (Wildman–Crippen LogP) is 4.28. The van der Waals surface area contributed by atoms with Gasteiger partial charge in [0.05, 0.1) is 11.9 Å². The third-order valence-electron chi connectivity index (χ3n) is 3.68. The first-order chi connectivity index (χ1) is 12.6. The van der Waals surface area contributed by atoms with Crippen LogP contribution in [-0.2, 0) is 0 Å². The van der Waals surface area contributed by atoms with E-state index in [0.717, 1.165) is 6.20 Å². The number of ketones is 1. The van der Waals surface area contributed by atoms with Gasteiger partial charge in [-0.1, -0.05) is 30.3 Å². The van der Waals surface area contributed by atoms with Gasteiger partial charge in [-0.05, 0) is 22.0 Å². The van der Waals surface area contributed by atoms with Crippen LogP contribution in [0.25, 0.3) is 0 Å². The first-order valence-corrected chi connectivity index (χ1v) is 8.20. The molecule has 0 saturated heterocycles. The van der Waals surface area contributed by atoms with E-state index in [2.05, 4.69) is 25.9 Å². The summed E-state index contributed by atoms with van der Waals surface area (Å²) in [5.41, 5.74) is -0.0830. The van der Waals surface area contributed by atoms with Gasteiger partial charge < -0.3 is 0 Å². The highest BCUT2D eigenvalue weighted by Crippen LogP contribution is 2.42. The Morgan fingerprint density at radius 3 is 2.33 bits per heavy atom. The summed E-state index contributed by atoms with van der Waals surface area (Å²) in [7, 11) is 0. The summed E-state index contributed by atoms with van der Waals surface area (Å²) in [5.74, 6) is -1.37. The van der Waals surface area contributed by atoms with Gasteiger partial charge in [-0.15, -0.1) is 5.01 Å². The third-order valence-corrected chi connectivity index (χ3v) is 4.35. The molecule has 2 heterocycles. The van der Waals surface area contributed by atoms with Gasteiger partial charge in [0.25, 0.3) is 0 Å². The average Bonchev–Trinajstić information content (AvgIpc) is 3.06. The quantitative estimate of drug-likeness (QED) is 0.398. The molecule has 1 aromatic heterocycles. The molecule has 0 radical (unpaired) electrons. The fraction of sp³-hybridized carbons (Fsp3) is 0.188. The van der Waals surface area contributed by atoms with Crippen molar-refractivity contribution >= 4 is 33.2 Å². The lowest BCUT2D eigenvalue weighted by Gasteiger charge is -2.36. The number of benzene rings is 1. The number of aliphatic imine (C=N–C) groups is 1. The average molecular weight is 449 g/mol. The van der Waals surface area contributed by atoms with Gasteiger partial charge in [-0.25, -0.2) is 10.0 Å². The number of rotatable bonds is 4. The number of nitrogens with zero attached hydrogens (tertiary/aromatic N) is 4. The number of hydrogen-bond acceptors (Lipinski definition) is 5. The summed E-state index contributed by atoms with van der Waals surface area (Å²) in [6, 6.07) is 3.61. The second-order valence-electron chi connectivity index (χ2n) is 5.40. The molecular weight excluding hydrogens is 439 g/mol. The Bertz CT molecular complexity index is 888. The molecule has 2 aromatic rings. The molecule has 11 heteroatoms. The normalized spacial score (nSPS) is 15.8. The van der Waals surface area contributed by atoms with Crippen LogP contribution in [0.15, 0.2) is 58.3 Å². The van der Waals surface area contributed by atoms with Crippen LogP contribution in [0.5, 0.6) is 0 Å². The smallest absolute Gasteiger partial charge is 0.285 e. The fourth-order valence-corrected chi connectivity index (χ4v) is 2.78. The standard InChI is InChI=1S/C16H10BrF5N4O/c17-11-6-7-23-8-12(11)26-14(13(27)10-4-2-1-3-5-10)24-9-25(26)16(21,22)15(18,19)20/h1-8H,9H2. The van der Waals surface area contributed by atoms with Crippen LogP contribution >= 0.6 is 15.9 Å². The van der Waals surface area contributed by atoms with E-state index < -0.39 is 30.5 Å². The van der Waals surface area contributed by atoms with E-state index in [0.29, 0.717) is 5.01 Å². The molecule has 27 heavy (non-hydrogen) atoms. The van der Waals surface area contributed by atoms with Crippen LogP contribution in [0.4, 0.5) is 27.6 Å². The Morgan fingerprint density at radius 1 is 1.07 bits per heavy atom. The Balaban J connectivity index is 2.09. The number of hydrogen-bond donors (Lipinski definition) is 0. The summed E-state index contributed by atoms with van der Waals surface area (Å²) in [6.07, 6.45) is -3.50. The van der Waals surface area contributed by atoms with Gasteiger partial charge >= 0.3 is 12.2 Å². The lowest BCUT2D eigenvalue weighted by atomic mass is 10.1. The summed E-state index contributed by atoms with van der Waals surface area (Å²) >= 11 is 3.08. The number of pyridine rings is 1. The molecule has 5 nitrogen and oxygen atoms in total. The van der Waals surface area contributed by atoms with E-state index in [-0.39, 0.29) is 20.7 Å². The zero-order chi connectivity index (χ0) is 19.8. The molecule has 1 aromatic carbocycles. The van der Waals surface area contributed by atoms with Crippen molar-refractivity contribution in [1.29, 1.82) is 0 Å². The second kappa shape index (κ2) is 6.97. The SMILES string of the molecule is O=C(C1=NCN(C(F)(F)C(F)(F)F)N1c1cnccc1Br)c1ccccc1. The number of amidine groups is 1. The molecule has 1 aliphatic heterocycles. The molecule has 0 atom stereocenters. The number of anilines is 1. The lowest BCUT2D eigenvalue weighted by molar-refractivity contribution is -0.338. The van der Waals surface area contributed by atoms with Crippen LogP contribution in [0.2, 0.25) is 0 Å². The molecule has 0 spiro atoms. The number of aromatic nitrogens is 1. The summed E-state index contributed by atoms with van der Waals surface area (Å²) in [5, 5.41) is 0.130. The second-order valence-corrected chi connectivity index (χ2v) is 6.25.